The third-order valence-electron chi connectivity index (χ3n) is 6.66. The van der Waals surface area contributed by atoms with Crippen molar-refractivity contribution in [2.45, 2.75) is 37.2 Å². The number of nitrogens with two attached hydrogens (primary N) is 1. The summed E-state index contributed by atoms with van der Waals surface area (Å²) in [4.78, 5) is 34.1. The maximum Gasteiger partial charge on any atom is 0.310 e. The number of nitrogen functional groups attached to an aromatic ring is 1. The van der Waals surface area contributed by atoms with Gasteiger partial charge in [0.15, 0.2) is 0 Å². The lowest BCUT2D eigenvalue weighted by atomic mass is 9.98. The van der Waals surface area contributed by atoms with E-state index >= 15 is 0 Å². The standard InChI is InChI=1S/C29H23Br2ClN4O5/c1-2-29(16-39-24(37)13-17-3-7-19(30)8-4-17)22(40-25(38)14-18-5-9-20(31)10-6-18)15-23(41-29)36-12-11-21-26(33)34-28(32)35-27(21)36/h1,3-12,22-23H,13-16H2,(H2,33,34,35)/t22-,23+,29+/m0/s1. The molecule has 1 fully saturated rings. The zero-order valence-corrected chi connectivity index (χ0v) is 25.4. The van der Waals surface area contributed by atoms with Crippen LogP contribution in [0.1, 0.15) is 23.8 Å². The van der Waals surface area contributed by atoms with Gasteiger partial charge in [0.25, 0.3) is 0 Å². The highest BCUT2D eigenvalue weighted by Crippen LogP contribution is 2.41. The summed E-state index contributed by atoms with van der Waals surface area (Å²) < 4.78 is 21.3. The summed E-state index contributed by atoms with van der Waals surface area (Å²) in [7, 11) is 0. The topological polar surface area (TPSA) is 119 Å². The molecule has 1 saturated heterocycles. The highest BCUT2D eigenvalue weighted by atomic mass is 79.9. The van der Waals surface area contributed by atoms with E-state index in [0.717, 1.165) is 20.1 Å². The van der Waals surface area contributed by atoms with Crippen LogP contribution >= 0.6 is 43.5 Å². The molecule has 4 aromatic rings. The first-order valence-corrected chi connectivity index (χ1v) is 14.4. The number of rotatable bonds is 8. The molecule has 0 bridgehead atoms. The Kier molecular flexibility index (Phi) is 8.66. The molecule has 210 valence electrons. The van der Waals surface area contributed by atoms with Crippen LogP contribution < -0.4 is 5.73 Å². The van der Waals surface area contributed by atoms with Crippen molar-refractivity contribution < 1.29 is 23.8 Å². The number of terminal acetylenes is 1. The highest BCUT2D eigenvalue weighted by molar-refractivity contribution is 9.10. The molecule has 1 aliphatic rings. The van der Waals surface area contributed by atoms with Crippen molar-refractivity contribution in [3.8, 4) is 12.3 Å². The van der Waals surface area contributed by atoms with Crippen LogP contribution in [0.25, 0.3) is 11.0 Å². The Morgan fingerprint density at radius 3 is 2.27 bits per heavy atom. The van der Waals surface area contributed by atoms with Crippen molar-refractivity contribution in [2.75, 3.05) is 12.3 Å². The lowest BCUT2D eigenvalue weighted by Crippen LogP contribution is -2.45. The smallest absolute Gasteiger partial charge is 0.310 e. The quantitative estimate of drug-likeness (QED) is 0.147. The van der Waals surface area contributed by atoms with E-state index < -0.39 is 29.9 Å². The minimum Gasteiger partial charge on any atom is -0.461 e. The van der Waals surface area contributed by atoms with Crippen LogP contribution in [-0.2, 0) is 36.6 Å². The Balaban J connectivity index is 1.39. The molecular weight excluding hydrogens is 680 g/mol. The number of fused-ring (bicyclic) bond motifs is 1. The molecule has 12 heteroatoms. The first kappa shape index (κ1) is 29.1. The summed E-state index contributed by atoms with van der Waals surface area (Å²) in [5.74, 6) is 1.80. The summed E-state index contributed by atoms with van der Waals surface area (Å²) in [5, 5.41) is 0.538. The number of aromatic nitrogens is 3. The van der Waals surface area contributed by atoms with Crippen molar-refractivity contribution in [1.29, 1.82) is 0 Å². The molecule has 3 atom stereocenters. The van der Waals surface area contributed by atoms with E-state index in [1.165, 1.54) is 0 Å². The van der Waals surface area contributed by atoms with Gasteiger partial charge in [0.05, 0.1) is 18.2 Å². The normalized spacial score (nSPS) is 20.0. The van der Waals surface area contributed by atoms with Crippen LogP contribution in [0, 0.1) is 12.3 Å². The number of carbonyl (C=O) groups is 2. The maximum absolute atomic E-state index is 13.0. The number of hydrogen-bond acceptors (Lipinski definition) is 8. The Morgan fingerprint density at radius 1 is 1.05 bits per heavy atom. The van der Waals surface area contributed by atoms with Crippen molar-refractivity contribution in [2.24, 2.45) is 0 Å². The second-order valence-electron chi connectivity index (χ2n) is 9.43. The van der Waals surface area contributed by atoms with Crippen molar-refractivity contribution in [1.82, 2.24) is 14.5 Å². The first-order chi connectivity index (χ1) is 19.7. The summed E-state index contributed by atoms with van der Waals surface area (Å²) in [5.41, 5.74) is 6.42. The van der Waals surface area contributed by atoms with E-state index in [0.29, 0.717) is 11.0 Å². The van der Waals surface area contributed by atoms with Gasteiger partial charge in [-0.2, -0.15) is 4.98 Å². The van der Waals surface area contributed by atoms with E-state index in [4.69, 9.17) is 38.0 Å². The fourth-order valence-corrected chi connectivity index (χ4v) is 5.29. The van der Waals surface area contributed by atoms with Crippen LogP contribution in [0.3, 0.4) is 0 Å². The minimum atomic E-state index is -1.56. The molecule has 5 rings (SSSR count). The summed E-state index contributed by atoms with van der Waals surface area (Å²) in [6, 6.07) is 16.3. The van der Waals surface area contributed by atoms with E-state index in [1.54, 1.807) is 16.8 Å². The van der Waals surface area contributed by atoms with Gasteiger partial charge in [-0.3, -0.25) is 9.59 Å². The predicted octanol–water partition coefficient (Wildman–Crippen LogP) is 5.42. The molecule has 9 nitrogen and oxygen atoms in total. The molecular formula is C29H23Br2ClN4O5. The van der Waals surface area contributed by atoms with Gasteiger partial charge in [-0.15, -0.1) is 6.42 Å². The third-order valence-corrected chi connectivity index (χ3v) is 7.88. The van der Waals surface area contributed by atoms with Gasteiger partial charge in [-0.05, 0) is 53.1 Å². The maximum atomic E-state index is 13.0. The average molecular weight is 703 g/mol. The number of hydrogen-bond donors (Lipinski definition) is 1. The Bertz CT molecular complexity index is 1640. The van der Waals surface area contributed by atoms with Crippen LogP contribution in [-0.4, -0.2) is 44.8 Å². The molecule has 2 aromatic heterocycles. The van der Waals surface area contributed by atoms with E-state index in [-0.39, 0.29) is 37.0 Å². The molecule has 3 heterocycles. The second kappa shape index (κ2) is 12.2. The zero-order chi connectivity index (χ0) is 29.1. The monoisotopic (exact) mass is 700 g/mol. The van der Waals surface area contributed by atoms with Gasteiger partial charge in [-0.25, -0.2) is 4.98 Å². The Hall–Kier alpha value is -3.43. The molecule has 41 heavy (non-hydrogen) atoms. The van der Waals surface area contributed by atoms with Crippen molar-refractivity contribution in [3.05, 3.63) is 86.2 Å². The molecule has 0 amide bonds. The molecule has 2 N–H and O–H groups in total. The van der Waals surface area contributed by atoms with E-state index in [1.807, 2.05) is 48.5 Å². The molecule has 0 unspecified atom stereocenters. The number of halogens is 3. The average Bonchev–Trinajstić information content (AvgIpc) is 3.52. The lowest BCUT2D eigenvalue weighted by molar-refractivity contribution is -0.166. The van der Waals surface area contributed by atoms with Crippen LogP contribution in [0.2, 0.25) is 5.28 Å². The van der Waals surface area contributed by atoms with E-state index in [9.17, 15) is 9.59 Å². The molecule has 0 saturated carbocycles. The van der Waals surface area contributed by atoms with Crippen molar-refractivity contribution in [3.63, 3.8) is 0 Å². The SMILES string of the molecule is C#C[C@]1(COC(=O)Cc2ccc(Br)cc2)O[C@@H](n2ccc3c(N)nc(Cl)nc32)C[C@@H]1OC(=O)Cc1ccc(Br)cc1. The van der Waals surface area contributed by atoms with Gasteiger partial charge in [-0.1, -0.05) is 62.0 Å². The summed E-state index contributed by atoms with van der Waals surface area (Å²) in [6.07, 6.45) is 6.24. The number of benzene rings is 2. The third kappa shape index (κ3) is 6.57. The van der Waals surface area contributed by atoms with E-state index in [2.05, 4.69) is 47.7 Å². The van der Waals surface area contributed by atoms with Gasteiger partial charge >= 0.3 is 11.9 Å². The predicted molar refractivity (Wildman–Crippen MR) is 160 cm³/mol. The fourth-order valence-electron chi connectivity index (χ4n) is 4.59. The summed E-state index contributed by atoms with van der Waals surface area (Å²) in [6.45, 7) is -0.331. The zero-order valence-electron chi connectivity index (χ0n) is 21.4. The lowest BCUT2D eigenvalue weighted by Gasteiger charge is -2.28. The van der Waals surface area contributed by atoms with Gasteiger partial charge < -0.3 is 24.5 Å². The number of ether oxygens (including phenoxy) is 3. The minimum absolute atomic E-state index is 0.0181. The van der Waals surface area contributed by atoms with Gasteiger partial charge in [0.1, 0.15) is 30.4 Å². The number of anilines is 1. The Labute approximate surface area is 257 Å². The molecule has 0 spiro atoms. The fraction of sp³-hybridized carbons (Fsp3) is 0.241. The van der Waals surface area contributed by atoms with Gasteiger partial charge in [0, 0.05) is 21.6 Å². The molecule has 0 radical (unpaired) electrons. The second-order valence-corrected chi connectivity index (χ2v) is 11.6. The van der Waals surface area contributed by atoms with Crippen molar-refractivity contribution >= 4 is 72.3 Å². The molecule has 1 aliphatic heterocycles. The van der Waals surface area contributed by atoms with Crippen LogP contribution in [0.5, 0.6) is 0 Å². The number of carbonyl (C=O) groups excluding carboxylic acids is 2. The first-order valence-electron chi connectivity index (χ1n) is 12.4. The molecule has 2 aromatic carbocycles. The highest BCUT2D eigenvalue weighted by Gasteiger charge is 2.52. The number of nitrogens with zero attached hydrogens (tertiary/aromatic N) is 3. The van der Waals surface area contributed by atoms with Crippen LogP contribution in [0.4, 0.5) is 5.82 Å². The van der Waals surface area contributed by atoms with Crippen LogP contribution in [0.15, 0.2) is 69.7 Å². The largest absolute Gasteiger partial charge is 0.461 e. The molecule has 0 aliphatic carbocycles. The summed E-state index contributed by atoms with van der Waals surface area (Å²) >= 11 is 12.8. The number of esters is 2. The Morgan fingerprint density at radius 2 is 1.66 bits per heavy atom. The van der Waals surface area contributed by atoms with Gasteiger partial charge in [0.2, 0.25) is 10.9 Å².